The molecule has 3 N–H and O–H groups in total. The Bertz CT molecular complexity index is 711. The Balaban J connectivity index is 1.31. The van der Waals surface area contributed by atoms with Gasteiger partial charge in [0.25, 0.3) is 0 Å². The number of hydrogen-bond acceptors (Lipinski definition) is 2. The molecule has 3 saturated heterocycles. The van der Waals surface area contributed by atoms with Crippen molar-refractivity contribution in [2.24, 2.45) is 5.92 Å². The fourth-order valence-electron chi connectivity index (χ4n) is 3.87. The molecule has 0 aliphatic carbocycles. The van der Waals surface area contributed by atoms with E-state index >= 15 is 0 Å². The van der Waals surface area contributed by atoms with Gasteiger partial charge in [-0.15, -0.1) is 0 Å². The average molecular weight is 354 g/mol. The van der Waals surface area contributed by atoms with Crippen LogP contribution < -0.4 is 20.3 Å². The van der Waals surface area contributed by atoms with Gasteiger partial charge in [-0.3, -0.25) is 0 Å². The van der Waals surface area contributed by atoms with Gasteiger partial charge in [-0.1, -0.05) is 18.2 Å². The lowest BCUT2D eigenvalue weighted by atomic mass is 9.84. The molecule has 2 aromatic rings. The molecule has 3 heterocycles. The fourth-order valence-corrected chi connectivity index (χ4v) is 4.14. The van der Waals surface area contributed by atoms with Crippen molar-refractivity contribution in [2.75, 3.05) is 25.0 Å². The molecule has 5 rings (SSSR count). The van der Waals surface area contributed by atoms with E-state index in [2.05, 4.69) is 10.6 Å². The van der Waals surface area contributed by atoms with Crippen molar-refractivity contribution < 1.29 is 9.64 Å². The first-order chi connectivity index (χ1) is 12.3. The van der Waals surface area contributed by atoms with Crippen molar-refractivity contribution in [3.63, 3.8) is 0 Å². The second-order valence-corrected chi connectivity index (χ2v) is 7.34. The van der Waals surface area contributed by atoms with E-state index in [4.69, 9.17) is 17.0 Å². The van der Waals surface area contributed by atoms with Crippen LogP contribution in [0.15, 0.2) is 54.6 Å². The number of rotatable bonds is 4. The first kappa shape index (κ1) is 16.4. The van der Waals surface area contributed by atoms with Gasteiger partial charge in [-0.25, -0.2) is 0 Å². The number of anilines is 1. The number of quaternary nitrogens is 1. The zero-order chi connectivity index (χ0) is 17.1. The summed E-state index contributed by atoms with van der Waals surface area (Å²) in [6.45, 7) is 3.84. The number of thiocarbonyl (C=S) groups is 1. The number of hydrogen-bond donors (Lipinski definition) is 3. The Hall–Kier alpha value is -2.11. The standard InChI is InChI=1S/C20H23N3OS/c25-20(22-19-14-23-12-10-15(19)11-13-23)21-16-6-8-18(9-7-16)24-17-4-2-1-3-5-17/h1-9,15,19H,10-14H2,(H2,21,22,25)/p+1/t19-/m0/s1. The van der Waals surface area contributed by atoms with Crippen molar-refractivity contribution in [2.45, 2.75) is 18.9 Å². The van der Waals surface area contributed by atoms with Crippen molar-refractivity contribution in [1.82, 2.24) is 5.32 Å². The number of fused-ring (bicyclic) bond motifs is 3. The van der Waals surface area contributed by atoms with E-state index in [-0.39, 0.29) is 0 Å². The van der Waals surface area contributed by atoms with Gasteiger partial charge in [0.15, 0.2) is 5.11 Å². The normalized spacial score (nSPS) is 24.6. The number of para-hydroxylation sites is 1. The molecule has 0 radical (unpaired) electrons. The lowest BCUT2D eigenvalue weighted by molar-refractivity contribution is -0.917. The van der Waals surface area contributed by atoms with Crippen molar-refractivity contribution in [1.29, 1.82) is 0 Å². The summed E-state index contributed by atoms with van der Waals surface area (Å²) in [4.78, 5) is 1.71. The number of benzene rings is 2. The molecule has 0 unspecified atom stereocenters. The Kier molecular flexibility index (Phi) is 4.85. The minimum Gasteiger partial charge on any atom is -0.457 e. The largest absolute Gasteiger partial charge is 0.457 e. The molecule has 3 fully saturated rings. The Morgan fingerprint density at radius 2 is 1.64 bits per heavy atom. The van der Waals surface area contributed by atoms with Gasteiger partial charge in [0, 0.05) is 18.5 Å². The van der Waals surface area contributed by atoms with E-state index in [0.717, 1.165) is 28.2 Å². The van der Waals surface area contributed by atoms with Crippen LogP contribution in [0.4, 0.5) is 5.69 Å². The van der Waals surface area contributed by atoms with Crippen LogP contribution in [0.2, 0.25) is 0 Å². The molecular formula is C20H24N3OS+. The van der Waals surface area contributed by atoms with Crippen LogP contribution >= 0.6 is 12.2 Å². The molecule has 0 aromatic heterocycles. The molecule has 3 aliphatic heterocycles. The van der Waals surface area contributed by atoms with Crippen LogP contribution in [-0.4, -0.2) is 30.8 Å². The SMILES string of the molecule is S=C(Nc1ccc(Oc2ccccc2)cc1)N[C@H]1C[NH+]2CCC1CC2. The van der Waals surface area contributed by atoms with Crippen LogP contribution in [0.1, 0.15) is 12.8 Å². The van der Waals surface area contributed by atoms with Crippen molar-refractivity contribution in [3.8, 4) is 11.5 Å². The summed E-state index contributed by atoms with van der Waals surface area (Å²) >= 11 is 5.51. The van der Waals surface area contributed by atoms with E-state index in [1.54, 1.807) is 4.90 Å². The lowest BCUT2D eigenvalue weighted by Crippen LogP contribution is -3.17. The van der Waals surface area contributed by atoms with E-state index < -0.39 is 0 Å². The zero-order valence-corrected chi connectivity index (χ0v) is 15.0. The maximum Gasteiger partial charge on any atom is 0.171 e. The van der Waals surface area contributed by atoms with Gasteiger partial charge < -0.3 is 20.3 Å². The third kappa shape index (κ3) is 4.11. The third-order valence-corrected chi connectivity index (χ3v) is 5.44. The van der Waals surface area contributed by atoms with Crippen LogP contribution in [0.25, 0.3) is 0 Å². The maximum atomic E-state index is 5.81. The molecule has 4 nitrogen and oxygen atoms in total. The highest BCUT2D eigenvalue weighted by atomic mass is 32.1. The van der Waals surface area contributed by atoms with Crippen LogP contribution in [0.5, 0.6) is 11.5 Å². The Morgan fingerprint density at radius 1 is 0.960 bits per heavy atom. The van der Waals surface area contributed by atoms with Crippen molar-refractivity contribution in [3.05, 3.63) is 54.6 Å². The molecule has 1 atom stereocenters. The van der Waals surface area contributed by atoms with E-state index in [9.17, 15) is 0 Å². The highest BCUT2D eigenvalue weighted by Crippen LogP contribution is 2.23. The van der Waals surface area contributed by atoms with Crippen LogP contribution in [-0.2, 0) is 0 Å². The molecule has 2 bridgehead atoms. The number of nitrogens with one attached hydrogen (secondary N) is 3. The Morgan fingerprint density at radius 3 is 2.28 bits per heavy atom. The summed E-state index contributed by atoms with van der Waals surface area (Å²) < 4.78 is 5.81. The molecule has 25 heavy (non-hydrogen) atoms. The smallest absolute Gasteiger partial charge is 0.171 e. The topological polar surface area (TPSA) is 37.7 Å². The van der Waals surface area contributed by atoms with E-state index in [1.165, 1.54) is 32.5 Å². The fraction of sp³-hybridized carbons (Fsp3) is 0.350. The monoisotopic (exact) mass is 354 g/mol. The van der Waals surface area contributed by atoms with Gasteiger partial charge in [0.1, 0.15) is 11.5 Å². The first-order valence-electron chi connectivity index (χ1n) is 9.00. The molecule has 5 heteroatoms. The summed E-state index contributed by atoms with van der Waals surface area (Å²) in [6, 6.07) is 18.2. The summed E-state index contributed by atoms with van der Waals surface area (Å²) in [5.41, 5.74) is 0.978. The summed E-state index contributed by atoms with van der Waals surface area (Å²) in [5, 5.41) is 7.53. The molecule has 0 spiro atoms. The number of piperidine rings is 3. The molecular weight excluding hydrogens is 330 g/mol. The van der Waals surface area contributed by atoms with Gasteiger partial charge in [-0.2, -0.15) is 0 Å². The quantitative estimate of drug-likeness (QED) is 0.738. The summed E-state index contributed by atoms with van der Waals surface area (Å²) in [6.07, 6.45) is 2.64. The number of ether oxygens (including phenoxy) is 1. The van der Waals surface area contributed by atoms with E-state index in [1.807, 2.05) is 54.6 Å². The Labute approximate surface area is 154 Å². The maximum absolute atomic E-state index is 5.81. The molecule has 3 aliphatic rings. The zero-order valence-electron chi connectivity index (χ0n) is 14.2. The lowest BCUT2D eigenvalue weighted by Gasteiger charge is -2.42. The molecule has 0 saturated carbocycles. The first-order valence-corrected chi connectivity index (χ1v) is 9.41. The predicted octanol–water partition coefficient (Wildman–Crippen LogP) is 2.44. The molecule has 2 aromatic carbocycles. The minimum absolute atomic E-state index is 0.512. The van der Waals surface area contributed by atoms with Gasteiger partial charge in [-0.05, 0) is 54.5 Å². The predicted molar refractivity (Wildman–Crippen MR) is 104 cm³/mol. The molecule has 0 amide bonds. The average Bonchev–Trinajstić information content (AvgIpc) is 2.65. The van der Waals surface area contributed by atoms with Gasteiger partial charge in [0.2, 0.25) is 0 Å². The second kappa shape index (κ2) is 7.42. The van der Waals surface area contributed by atoms with E-state index in [0.29, 0.717) is 6.04 Å². The summed E-state index contributed by atoms with van der Waals surface area (Å²) in [7, 11) is 0. The van der Waals surface area contributed by atoms with Crippen LogP contribution in [0, 0.1) is 5.92 Å². The highest BCUT2D eigenvalue weighted by molar-refractivity contribution is 7.80. The van der Waals surface area contributed by atoms with Gasteiger partial charge >= 0.3 is 0 Å². The minimum atomic E-state index is 0.512. The highest BCUT2D eigenvalue weighted by Gasteiger charge is 2.37. The van der Waals surface area contributed by atoms with Crippen molar-refractivity contribution >= 4 is 23.0 Å². The molecule has 130 valence electrons. The summed E-state index contributed by atoms with van der Waals surface area (Å²) in [5.74, 6) is 2.43. The van der Waals surface area contributed by atoms with Crippen LogP contribution in [0.3, 0.4) is 0 Å². The second-order valence-electron chi connectivity index (χ2n) is 6.94. The van der Waals surface area contributed by atoms with Gasteiger partial charge in [0.05, 0.1) is 25.7 Å². The third-order valence-electron chi connectivity index (χ3n) is 5.22.